The summed E-state index contributed by atoms with van der Waals surface area (Å²) in [5.41, 5.74) is 6.30. The van der Waals surface area contributed by atoms with Gasteiger partial charge in [-0.2, -0.15) is 0 Å². The van der Waals surface area contributed by atoms with Crippen LogP contribution >= 0.6 is 0 Å². The van der Waals surface area contributed by atoms with Crippen LogP contribution in [-0.2, 0) is 14.3 Å². The van der Waals surface area contributed by atoms with Crippen molar-refractivity contribution < 1.29 is 39.5 Å². The van der Waals surface area contributed by atoms with E-state index in [1.165, 1.54) is 0 Å². The van der Waals surface area contributed by atoms with Crippen LogP contribution in [0.2, 0.25) is 0 Å². The summed E-state index contributed by atoms with van der Waals surface area (Å²) >= 11 is 0. The molecular weight excluding hydrogens is 538 g/mol. The standard InChI is InChI=1S/C33H55NO8/c1-10-11-12-20(4)31(42-33(34)40)24(8)29(37)22(6)16-18(2)15-21(5)28(36)19(3)13-14-26(35)17-27-23(7)30(38)25(9)32(39)41-27/h10-15,19-31,35-38H,1,16-17H2,2-9H3,(H2,34,40)/b12-11+,14-13+,18-15+. The van der Waals surface area contributed by atoms with Crippen LogP contribution in [0.5, 0.6) is 0 Å². The molecule has 9 heteroatoms. The molecule has 1 heterocycles. The summed E-state index contributed by atoms with van der Waals surface area (Å²) in [6, 6.07) is 0. The molecule has 240 valence electrons. The first kappa shape index (κ1) is 37.6. The van der Waals surface area contributed by atoms with Crippen molar-refractivity contribution in [1.82, 2.24) is 0 Å². The molecule has 1 amide bonds. The molecular formula is C33H55NO8. The number of aliphatic hydroxyl groups excluding tert-OH is 4. The van der Waals surface area contributed by atoms with Crippen LogP contribution < -0.4 is 5.73 Å². The Hall–Kier alpha value is -2.46. The number of hydrogen-bond donors (Lipinski definition) is 5. The number of carbonyl (C=O) groups excluding carboxylic acids is 2. The smallest absolute Gasteiger partial charge is 0.404 e. The maximum atomic E-state index is 12.0. The minimum atomic E-state index is -0.894. The molecule has 0 bridgehead atoms. The van der Waals surface area contributed by atoms with Crippen LogP contribution in [0.1, 0.15) is 68.2 Å². The molecule has 0 aromatic carbocycles. The van der Waals surface area contributed by atoms with Crippen LogP contribution in [0.4, 0.5) is 4.79 Å². The summed E-state index contributed by atoms with van der Waals surface area (Å²) in [4.78, 5) is 23.5. The highest BCUT2D eigenvalue weighted by molar-refractivity contribution is 5.73. The summed E-state index contributed by atoms with van der Waals surface area (Å²) in [5, 5.41) is 42.8. The summed E-state index contributed by atoms with van der Waals surface area (Å²) in [7, 11) is 0. The van der Waals surface area contributed by atoms with Gasteiger partial charge in [-0.25, -0.2) is 4.79 Å². The minimum absolute atomic E-state index is 0.152. The number of hydrogen-bond acceptors (Lipinski definition) is 8. The number of esters is 1. The molecule has 0 radical (unpaired) electrons. The van der Waals surface area contributed by atoms with Crippen molar-refractivity contribution in [3.05, 3.63) is 48.6 Å². The highest BCUT2D eigenvalue weighted by Crippen LogP contribution is 2.30. The van der Waals surface area contributed by atoms with Gasteiger partial charge in [-0.3, -0.25) is 4.79 Å². The van der Waals surface area contributed by atoms with Gasteiger partial charge in [0.1, 0.15) is 12.2 Å². The Labute approximate surface area is 252 Å². The topological polar surface area (TPSA) is 160 Å². The van der Waals surface area contributed by atoms with E-state index in [1.54, 1.807) is 38.2 Å². The normalized spacial score (nSPS) is 28.3. The van der Waals surface area contributed by atoms with E-state index in [0.29, 0.717) is 6.42 Å². The molecule has 1 saturated heterocycles. The monoisotopic (exact) mass is 593 g/mol. The van der Waals surface area contributed by atoms with E-state index in [2.05, 4.69) is 6.58 Å². The van der Waals surface area contributed by atoms with Gasteiger partial charge >= 0.3 is 12.1 Å². The minimum Gasteiger partial charge on any atom is -0.462 e. The fourth-order valence-corrected chi connectivity index (χ4v) is 5.80. The SMILES string of the molecule is C=C/C=C/C(C)C(OC(N)=O)C(C)C(O)C(C)C/C(C)=C/C(C)C(O)C(C)/C=C/C(O)CC1OC(=O)C(C)C(O)C1C. The van der Waals surface area contributed by atoms with Crippen molar-refractivity contribution in [1.29, 1.82) is 0 Å². The summed E-state index contributed by atoms with van der Waals surface area (Å²) in [6.45, 7) is 18.5. The molecule has 0 aromatic heterocycles. The van der Waals surface area contributed by atoms with Gasteiger partial charge in [0.05, 0.1) is 30.3 Å². The fraction of sp³-hybridized carbons (Fsp3) is 0.697. The number of cyclic esters (lactones) is 1. The Bertz CT molecular complexity index is 962. The highest BCUT2D eigenvalue weighted by atomic mass is 16.6. The third-order valence-corrected chi connectivity index (χ3v) is 8.62. The third kappa shape index (κ3) is 11.3. The van der Waals surface area contributed by atoms with Gasteiger partial charge in [-0.15, -0.1) is 0 Å². The zero-order chi connectivity index (χ0) is 32.3. The second-order valence-electron chi connectivity index (χ2n) is 12.4. The Kier molecular flexibility index (Phi) is 15.7. The summed E-state index contributed by atoms with van der Waals surface area (Å²) < 4.78 is 10.8. The molecule has 0 saturated carbocycles. The molecule has 42 heavy (non-hydrogen) atoms. The molecule has 13 unspecified atom stereocenters. The van der Waals surface area contributed by atoms with Crippen LogP contribution in [0.15, 0.2) is 48.6 Å². The molecule has 1 aliphatic rings. The molecule has 0 aliphatic carbocycles. The van der Waals surface area contributed by atoms with Crippen molar-refractivity contribution >= 4 is 12.1 Å². The van der Waals surface area contributed by atoms with E-state index in [9.17, 15) is 30.0 Å². The second kappa shape index (κ2) is 17.6. The van der Waals surface area contributed by atoms with Crippen molar-refractivity contribution in [3.63, 3.8) is 0 Å². The van der Waals surface area contributed by atoms with Gasteiger partial charge in [0.15, 0.2) is 0 Å². The van der Waals surface area contributed by atoms with Crippen LogP contribution in [0.3, 0.4) is 0 Å². The zero-order valence-electron chi connectivity index (χ0n) is 26.6. The predicted molar refractivity (Wildman–Crippen MR) is 164 cm³/mol. The van der Waals surface area contributed by atoms with E-state index < -0.39 is 54.6 Å². The average molecular weight is 594 g/mol. The highest BCUT2D eigenvalue weighted by Gasteiger charge is 2.41. The number of carbonyl (C=O) groups is 2. The first-order valence-corrected chi connectivity index (χ1v) is 15.0. The van der Waals surface area contributed by atoms with Gasteiger partial charge in [-0.1, -0.05) is 90.2 Å². The molecule has 1 rings (SSSR count). The van der Waals surface area contributed by atoms with E-state index in [-0.39, 0.29) is 41.9 Å². The molecule has 13 atom stereocenters. The lowest BCUT2D eigenvalue weighted by molar-refractivity contribution is -0.179. The second-order valence-corrected chi connectivity index (χ2v) is 12.4. The van der Waals surface area contributed by atoms with Crippen LogP contribution in [0, 0.1) is 41.4 Å². The number of primary amides is 1. The number of amides is 1. The lowest BCUT2D eigenvalue weighted by atomic mass is 9.81. The van der Waals surface area contributed by atoms with Crippen molar-refractivity contribution in [2.24, 2.45) is 47.2 Å². The number of ether oxygens (including phenoxy) is 2. The van der Waals surface area contributed by atoms with Crippen LogP contribution in [-0.4, -0.2) is 69.1 Å². The van der Waals surface area contributed by atoms with Crippen molar-refractivity contribution in [3.8, 4) is 0 Å². The Morgan fingerprint density at radius 3 is 2.21 bits per heavy atom. The molecule has 1 fully saturated rings. The van der Waals surface area contributed by atoms with Gasteiger partial charge in [-0.05, 0) is 26.2 Å². The number of allylic oxidation sites excluding steroid dienone is 3. The molecule has 1 aliphatic heterocycles. The molecule has 9 nitrogen and oxygen atoms in total. The van der Waals surface area contributed by atoms with Gasteiger partial charge in [0, 0.05) is 36.0 Å². The maximum Gasteiger partial charge on any atom is 0.404 e. The maximum absolute atomic E-state index is 12.0. The first-order valence-electron chi connectivity index (χ1n) is 15.0. The summed E-state index contributed by atoms with van der Waals surface area (Å²) in [6.07, 6.45) is 6.04. The lowest BCUT2D eigenvalue weighted by Crippen LogP contribution is -2.47. The van der Waals surface area contributed by atoms with Gasteiger partial charge < -0.3 is 35.6 Å². The van der Waals surface area contributed by atoms with Crippen molar-refractivity contribution in [2.75, 3.05) is 0 Å². The largest absolute Gasteiger partial charge is 0.462 e. The lowest BCUT2D eigenvalue weighted by Gasteiger charge is -2.36. The average Bonchev–Trinajstić information content (AvgIpc) is 2.93. The number of nitrogens with two attached hydrogens (primary N) is 1. The zero-order valence-corrected chi connectivity index (χ0v) is 26.6. The predicted octanol–water partition coefficient (Wildman–Crippen LogP) is 4.30. The Balaban J connectivity index is 2.76. The Morgan fingerprint density at radius 1 is 1.02 bits per heavy atom. The Morgan fingerprint density at radius 2 is 1.64 bits per heavy atom. The molecule has 0 aromatic rings. The summed E-state index contributed by atoms with van der Waals surface area (Å²) in [5.74, 6) is -2.52. The number of aliphatic hydroxyl groups is 4. The van der Waals surface area contributed by atoms with Gasteiger partial charge in [0.2, 0.25) is 0 Å². The van der Waals surface area contributed by atoms with E-state index in [1.807, 2.05) is 53.7 Å². The van der Waals surface area contributed by atoms with E-state index in [4.69, 9.17) is 15.2 Å². The van der Waals surface area contributed by atoms with E-state index in [0.717, 1.165) is 5.57 Å². The van der Waals surface area contributed by atoms with Gasteiger partial charge in [0.25, 0.3) is 0 Å². The first-order chi connectivity index (χ1) is 19.5. The molecule has 0 spiro atoms. The van der Waals surface area contributed by atoms with Crippen molar-refractivity contribution in [2.45, 2.75) is 105 Å². The van der Waals surface area contributed by atoms with Crippen LogP contribution in [0.25, 0.3) is 0 Å². The molecule has 6 N–H and O–H groups in total. The third-order valence-electron chi connectivity index (χ3n) is 8.62. The quantitative estimate of drug-likeness (QED) is 0.101. The van der Waals surface area contributed by atoms with E-state index >= 15 is 0 Å². The number of rotatable bonds is 16. The fourth-order valence-electron chi connectivity index (χ4n) is 5.80.